The van der Waals surface area contributed by atoms with Crippen LogP contribution in [-0.4, -0.2) is 4.98 Å². The van der Waals surface area contributed by atoms with E-state index in [9.17, 15) is 0 Å². The first-order chi connectivity index (χ1) is 9.72. The molecule has 0 unspecified atom stereocenters. The molecular weight excluding hydrogens is 268 g/mol. The molecule has 0 saturated heterocycles. The molecular formula is C17H17ClN2. The quantitative estimate of drug-likeness (QED) is 0.716. The van der Waals surface area contributed by atoms with Gasteiger partial charge in [0.05, 0.1) is 0 Å². The lowest BCUT2D eigenvalue weighted by Gasteiger charge is -2.14. The first-order valence-corrected chi connectivity index (χ1v) is 7.15. The monoisotopic (exact) mass is 284 g/mol. The Kier molecular flexibility index (Phi) is 3.77. The van der Waals surface area contributed by atoms with Crippen molar-refractivity contribution in [3.63, 3.8) is 0 Å². The number of aromatic nitrogens is 1. The van der Waals surface area contributed by atoms with Crippen LogP contribution in [0.3, 0.4) is 0 Å². The van der Waals surface area contributed by atoms with E-state index in [1.165, 1.54) is 22.0 Å². The largest absolute Gasteiger partial charge is 0.361 e. The van der Waals surface area contributed by atoms with Crippen LogP contribution in [0.25, 0.3) is 10.9 Å². The van der Waals surface area contributed by atoms with Gasteiger partial charge in [0.2, 0.25) is 0 Å². The Morgan fingerprint density at radius 2 is 2.05 bits per heavy atom. The molecule has 20 heavy (non-hydrogen) atoms. The van der Waals surface area contributed by atoms with Crippen molar-refractivity contribution in [2.45, 2.75) is 19.5 Å². The molecule has 3 aromatic rings. The van der Waals surface area contributed by atoms with E-state index in [1.807, 2.05) is 24.4 Å². The average Bonchev–Trinajstić information content (AvgIpc) is 2.92. The fourth-order valence-corrected chi connectivity index (χ4v) is 2.57. The van der Waals surface area contributed by atoms with Crippen molar-refractivity contribution in [2.75, 3.05) is 0 Å². The first-order valence-electron chi connectivity index (χ1n) is 6.77. The van der Waals surface area contributed by atoms with Crippen LogP contribution in [0.5, 0.6) is 0 Å². The minimum absolute atomic E-state index is 0.271. The third kappa shape index (κ3) is 2.87. The van der Waals surface area contributed by atoms with Crippen LogP contribution < -0.4 is 5.32 Å². The number of rotatable bonds is 4. The Balaban J connectivity index is 1.69. The smallest absolute Gasteiger partial charge is 0.0457 e. The highest BCUT2D eigenvalue weighted by Gasteiger charge is 2.05. The molecule has 2 N–H and O–H groups in total. The van der Waals surface area contributed by atoms with Gasteiger partial charge >= 0.3 is 0 Å². The highest BCUT2D eigenvalue weighted by molar-refractivity contribution is 6.30. The van der Waals surface area contributed by atoms with Crippen LogP contribution in [0.1, 0.15) is 24.1 Å². The maximum atomic E-state index is 6.03. The molecule has 2 nitrogen and oxygen atoms in total. The molecule has 1 aromatic heterocycles. The lowest BCUT2D eigenvalue weighted by molar-refractivity contribution is 0.575. The average molecular weight is 285 g/mol. The van der Waals surface area contributed by atoms with Gasteiger partial charge in [-0.05, 0) is 47.7 Å². The molecule has 0 spiro atoms. The maximum Gasteiger partial charge on any atom is 0.0457 e. The zero-order valence-electron chi connectivity index (χ0n) is 11.4. The summed E-state index contributed by atoms with van der Waals surface area (Å²) in [6.45, 7) is 2.99. The Bertz CT molecular complexity index is 718. The van der Waals surface area contributed by atoms with Gasteiger partial charge in [-0.15, -0.1) is 0 Å². The zero-order valence-corrected chi connectivity index (χ0v) is 12.1. The molecule has 0 aliphatic heterocycles. The fourth-order valence-electron chi connectivity index (χ4n) is 2.37. The van der Waals surface area contributed by atoms with Gasteiger partial charge in [0.15, 0.2) is 0 Å². The minimum Gasteiger partial charge on any atom is -0.361 e. The number of hydrogen-bond donors (Lipinski definition) is 2. The van der Waals surface area contributed by atoms with Gasteiger partial charge in [-0.3, -0.25) is 0 Å². The van der Waals surface area contributed by atoms with Crippen molar-refractivity contribution in [3.8, 4) is 0 Å². The molecule has 1 atom stereocenters. The minimum atomic E-state index is 0.271. The number of fused-ring (bicyclic) bond motifs is 1. The van der Waals surface area contributed by atoms with Gasteiger partial charge in [0, 0.05) is 29.3 Å². The zero-order chi connectivity index (χ0) is 13.9. The molecule has 0 saturated carbocycles. The van der Waals surface area contributed by atoms with Crippen LogP contribution in [0.4, 0.5) is 0 Å². The second kappa shape index (κ2) is 5.70. The molecule has 0 radical (unpaired) electrons. The molecule has 0 amide bonds. The first kappa shape index (κ1) is 13.2. The van der Waals surface area contributed by atoms with Gasteiger partial charge in [-0.2, -0.15) is 0 Å². The topological polar surface area (TPSA) is 27.8 Å². The van der Waals surface area contributed by atoms with E-state index in [0.717, 1.165) is 11.6 Å². The summed E-state index contributed by atoms with van der Waals surface area (Å²) in [5.74, 6) is 0. The van der Waals surface area contributed by atoms with Crippen LogP contribution in [0.15, 0.2) is 54.7 Å². The van der Waals surface area contributed by atoms with Crippen LogP contribution in [-0.2, 0) is 6.54 Å². The third-order valence-corrected chi connectivity index (χ3v) is 3.82. The summed E-state index contributed by atoms with van der Waals surface area (Å²) >= 11 is 6.03. The van der Waals surface area contributed by atoms with Crippen LogP contribution in [0, 0.1) is 0 Å². The van der Waals surface area contributed by atoms with Crippen molar-refractivity contribution in [3.05, 3.63) is 70.9 Å². The number of halogens is 1. The molecule has 1 heterocycles. The molecule has 2 aromatic carbocycles. The Labute approximate surface area is 123 Å². The predicted molar refractivity (Wildman–Crippen MR) is 85.0 cm³/mol. The summed E-state index contributed by atoms with van der Waals surface area (Å²) in [7, 11) is 0. The molecule has 0 aliphatic rings. The summed E-state index contributed by atoms with van der Waals surface area (Å²) in [5, 5.41) is 5.56. The summed E-state index contributed by atoms with van der Waals surface area (Å²) in [5.41, 5.74) is 3.66. The highest BCUT2D eigenvalue weighted by Crippen LogP contribution is 2.19. The van der Waals surface area contributed by atoms with Crippen LogP contribution in [0.2, 0.25) is 5.02 Å². The molecule has 0 aliphatic carbocycles. The summed E-state index contributed by atoms with van der Waals surface area (Å²) < 4.78 is 0. The third-order valence-electron chi connectivity index (χ3n) is 3.58. The predicted octanol–water partition coefficient (Wildman–Crippen LogP) is 4.67. The van der Waals surface area contributed by atoms with Crippen molar-refractivity contribution in [2.24, 2.45) is 0 Å². The van der Waals surface area contributed by atoms with Crippen molar-refractivity contribution < 1.29 is 0 Å². The van der Waals surface area contributed by atoms with E-state index in [1.54, 1.807) is 0 Å². The summed E-state index contributed by atoms with van der Waals surface area (Å²) in [6, 6.07) is 16.8. The van der Waals surface area contributed by atoms with Gasteiger partial charge in [0.25, 0.3) is 0 Å². The Morgan fingerprint density at radius 1 is 1.15 bits per heavy atom. The maximum absolute atomic E-state index is 6.03. The summed E-state index contributed by atoms with van der Waals surface area (Å²) in [4.78, 5) is 3.24. The van der Waals surface area contributed by atoms with E-state index in [2.05, 4.69) is 47.6 Å². The molecule has 3 heteroatoms. The number of benzene rings is 2. The van der Waals surface area contributed by atoms with E-state index < -0.39 is 0 Å². The standard InChI is InChI=1S/C17H17ClN2/c1-12(15-3-2-4-16(18)10-15)20-11-13-5-6-14-7-8-19-17(14)9-13/h2-10,12,19-20H,11H2,1H3/t12-/m0/s1. The van der Waals surface area contributed by atoms with Crippen molar-refractivity contribution >= 4 is 22.5 Å². The van der Waals surface area contributed by atoms with E-state index in [4.69, 9.17) is 11.6 Å². The summed E-state index contributed by atoms with van der Waals surface area (Å²) in [6.07, 6.45) is 1.97. The van der Waals surface area contributed by atoms with E-state index >= 15 is 0 Å². The molecule has 3 rings (SSSR count). The Morgan fingerprint density at radius 3 is 2.90 bits per heavy atom. The van der Waals surface area contributed by atoms with E-state index in [0.29, 0.717) is 0 Å². The highest BCUT2D eigenvalue weighted by atomic mass is 35.5. The number of nitrogens with one attached hydrogen (secondary N) is 2. The number of hydrogen-bond acceptors (Lipinski definition) is 1. The second-order valence-corrected chi connectivity index (χ2v) is 5.49. The van der Waals surface area contributed by atoms with Crippen molar-refractivity contribution in [1.82, 2.24) is 10.3 Å². The van der Waals surface area contributed by atoms with Crippen LogP contribution >= 0.6 is 11.6 Å². The molecule has 0 fully saturated rings. The molecule has 102 valence electrons. The van der Waals surface area contributed by atoms with Gasteiger partial charge in [-0.25, -0.2) is 0 Å². The van der Waals surface area contributed by atoms with Gasteiger partial charge in [-0.1, -0.05) is 35.9 Å². The van der Waals surface area contributed by atoms with E-state index in [-0.39, 0.29) is 6.04 Å². The lowest BCUT2D eigenvalue weighted by atomic mass is 10.1. The molecule has 0 bridgehead atoms. The second-order valence-electron chi connectivity index (χ2n) is 5.06. The Hall–Kier alpha value is -1.77. The van der Waals surface area contributed by atoms with Crippen molar-refractivity contribution in [1.29, 1.82) is 0 Å². The normalized spacial score (nSPS) is 12.7. The van der Waals surface area contributed by atoms with Gasteiger partial charge in [0.1, 0.15) is 0 Å². The number of H-pyrrole nitrogens is 1. The lowest BCUT2D eigenvalue weighted by Crippen LogP contribution is -2.17. The van der Waals surface area contributed by atoms with Gasteiger partial charge < -0.3 is 10.3 Å². The SMILES string of the molecule is C[C@H](NCc1ccc2cc[nH]c2c1)c1cccc(Cl)c1. The number of aromatic amines is 1. The fraction of sp³-hybridized carbons (Fsp3) is 0.176.